The smallest absolute Gasteiger partial charge is 0.335 e. The second kappa shape index (κ2) is 7.61. The van der Waals surface area contributed by atoms with Crippen LogP contribution in [0.25, 0.3) is 0 Å². The maximum atomic E-state index is 12.8. The number of carbonyl (C=O) groups is 3. The van der Waals surface area contributed by atoms with Gasteiger partial charge in [-0.25, -0.2) is 4.79 Å². The Balaban J connectivity index is 1.74. The van der Waals surface area contributed by atoms with Gasteiger partial charge >= 0.3 is 5.97 Å². The molecule has 1 fully saturated rings. The van der Waals surface area contributed by atoms with Gasteiger partial charge in [0.1, 0.15) is 0 Å². The zero-order chi connectivity index (χ0) is 19.6. The van der Waals surface area contributed by atoms with E-state index in [1.54, 1.807) is 42.0 Å². The highest BCUT2D eigenvalue weighted by Crippen LogP contribution is 2.35. The lowest BCUT2D eigenvalue weighted by Gasteiger charge is -2.37. The Bertz CT molecular complexity index is 876. The molecule has 0 saturated carbocycles. The van der Waals surface area contributed by atoms with E-state index >= 15 is 0 Å². The molecule has 8 heteroatoms. The predicted molar refractivity (Wildman–Crippen MR) is 96.7 cm³/mol. The van der Waals surface area contributed by atoms with Gasteiger partial charge < -0.3 is 15.3 Å². The molecule has 1 aliphatic rings. The van der Waals surface area contributed by atoms with Crippen molar-refractivity contribution < 1.29 is 19.5 Å². The van der Waals surface area contributed by atoms with Gasteiger partial charge in [-0.15, -0.1) is 0 Å². The van der Waals surface area contributed by atoms with Crippen molar-refractivity contribution in [1.29, 1.82) is 0 Å². The van der Waals surface area contributed by atoms with Crippen LogP contribution in [0.4, 0.5) is 0 Å². The standard InChI is InChI=1S/C19H22N4O4/c1-22-11-14(10-21-22)17-15(6-7-16(24)23(17)2)18(25)20-9-12-4-3-5-13(8-12)19(26)27/h3-5,8,10-11,15,17H,6-7,9H2,1-2H3,(H,20,25)(H,26,27). The summed E-state index contributed by atoms with van der Waals surface area (Å²) in [6.07, 6.45) is 4.27. The minimum Gasteiger partial charge on any atom is -0.478 e. The molecule has 2 heterocycles. The van der Waals surface area contributed by atoms with E-state index in [-0.39, 0.29) is 35.9 Å². The van der Waals surface area contributed by atoms with E-state index in [9.17, 15) is 14.4 Å². The van der Waals surface area contributed by atoms with Crippen molar-refractivity contribution in [3.8, 4) is 0 Å². The maximum absolute atomic E-state index is 12.8. The second-order valence-electron chi connectivity index (χ2n) is 6.77. The van der Waals surface area contributed by atoms with E-state index in [0.717, 1.165) is 5.56 Å². The fraction of sp³-hybridized carbons (Fsp3) is 0.368. The van der Waals surface area contributed by atoms with E-state index in [1.165, 1.54) is 12.1 Å². The summed E-state index contributed by atoms with van der Waals surface area (Å²) in [4.78, 5) is 37.7. The summed E-state index contributed by atoms with van der Waals surface area (Å²) in [5.41, 5.74) is 1.71. The van der Waals surface area contributed by atoms with Gasteiger partial charge in [0, 0.05) is 38.8 Å². The third-order valence-electron chi connectivity index (χ3n) is 4.90. The van der Waals surface area contributed by atoms with Crippen molar-refractivity contribution >= 4 is 17.8 Å². The first-order chi connectivity index (χ1) is 12.9. The van der Waals surface area contributed by atoms with Crippen LogP contribution in [0.1, 0.15) is 40.4 Å². The molecule has 0 aliphatic carbocycles. The molecule has 2 amide bonds. The van der Waals surface area contributed by atoms with Gasteiger partial charge in [0.15, 0.2) is 0 Å². The molecule has 2 aromatic rings. The van der Waals surface area contributed by atoms with Crippen molar-refractivity contribution in [1.82, 2.24) is 20.0 Å². The van der Waals surface area contributed by atoms with Gasteiger partial charge in [0.2, 0.25) is 11.8 Å². The molecule has 3 rings (SSSR count). The molecule has 1 aliphatic heterocycles. The number of rotatable bonds is 5. The predicted octanol–water partition coefficient (Wildman–Crippen LogP) is 1.34. The molecule has 142 valence electrons. The quantitative estimate of drug-likeness (QED) is 0.827. The van der Waals surface area contributed by atoms with E-state index < -0.39 is 5.97 Å². The van der Waals surface area contributed by atoms with Crippen molar-refractivity contribution in [3.63, 3.8) is 0 Å². The lowest BCUT2D eigenvalue weighted by molar-refractivity contribution is -0.141. The first-order valence-corrected chi connectivity index (χ1v) is 8.71. The first-order valence-electron chi connectivity index (χ1n) is 8.71. The third-order valence-corrected chi connectivity index (χ3v) is 4.90. The molecule has 2 atom stereocenters. The van der Waals surface area contributed by atoms with Gasteiger partial charge in [-0.05, 0) is 24.1 Å². The van der Waals surface area contributed by atoms with Crippen LogP contribution < -0.4 is 5.32 Å². The van der Waals surface area contributed by atoms with Crippen molar-refractivity contribution in [2.45, 2.75) is 25.4 Å². The number of aromatic carboxylic acids is 1. The lowest BCUT2D eigenvalue weighted by Crippen LogP contribution is -2.46. The Labute approximate surface area is 156 Å². The minimum absolute atomic E-state index is 0.00191. The fourth-order valence-corrected chi connectivity index (χ4v) is 3.50. The number of benzene rings is 1. The van der Waals surface area contributed by atoms with Crippen LogP contribution in [-0.2, 0) is 23.2 Å². The van der Waals surface area contributed by atoms with Gasteiger partial charge in [-0.2, -0.15) is 5.10 Å². The van der Waals surface area contributed by atoms with Gasteiger partial charge in [-0.1, -0.05) is 12.1 Å². The summed E-state index contributed by atoms with van der Waals surface area (Å²) in [5, 5.41) is 16.1. The van der Waals surface area contributed by atoms with Crippen molar-refractivity contribution in [2.24, 2.45) is 13.0 Å². The van der Waals surface area contributed by atoms with Crippen LogP contribution in [0.3, 0.4) is 0 Å². The van der Waals surface area contributed by atoms with Gasteiger partial charge in [-0.3, -0.25) is 14.3 Å². The number of nitrogens with zero attached hydrogens (tertiary/aromatic N) is 3. The minimum atomic E-state index is -1.01. The number of likely N-dealkylation sites (tertiary alicyclic amines) is 1. The Kier molecular flexibility index (Phi) is 5.25. The molecule has 0 bridgehead atoms. The maximum Gasteiger partial charge on any atom is 0.335 e. The fourth-order valence-electron chi connectivity index (χ4n) is 3.50. The molecule has 27 heavy (non-hydrogen) atoms. The molecular formula is C19H22N4O4. The Hall–Kier alpha value is -3.16. The number of nitrogens with one attached hydrogen (secondary N) is 1. The van der Waals surface area contributed by atoms with Crippen LogP contribution in [-0.4, -0.2) is 44.6 Å². The summed E-state index contributed by atoms with van der Waals surface area (Å²) >= 11 is 0. The average Bonchev–Trinajstić information content (AvgIpc) is 3.08. The number of carboxylic acid groups (broad SMARTS) is 1. The number of aromatic nitrogens is 2. The van der Waals surface area contributed by atoms with Crippen LogP contribution in [0, 0.1) is 5.92 Å². The highest BCUT2D eigenvalue weighted by Gasteiger charge is 2.39. The number of hydrogen-bond acceptors (Lipinski definition) is 4. The Morgan fingerprint density at radius 3 is 2.78 bits per heavy atom. The monoisotopic (exact) mass is 370 g/mol. The largest absolute Gasteiger partial charge is 0.478 e. The molecule has 8 nitrogen and oxygen atoms in total. The van der Waals surface area contributed by atoms with Gasteiger partial charge in [0.25, 0.3) is 0 Å². The number of amides is 2. The molecule has 1 aromatic heterocycles. The van der Waals surface area contributed by atoms with Crippen molar-refractivity contribution in [2.75, 3.05) is 7.05 Å². The number of aryl methyl sites for hydroxylation is 1. The number of carbonyl (C=O) groups excluding carboxylic acids is 2. The SMILES string of the molecule is CN1C(=O)CCC(C(=O)NCc2cccc(C(=O)O)c2)C1c1cnn(C)c1. The molecule has 0 radical (unpaired) electrons. The first kappa shape index (κ1) is 18.6. The van der Waals surface area contributed by atoms with Gasteiger partial charge in [0.05, 0.1) is 23.7 Å². The zero-order valence-electron chi connectivity index (χ0n) is 15.3. The zero-order valence-corrected chi connectivity index (χ0v) is 15.3. The highest BCUT2D eigenvalue weighted by atomic mass is 16.4. The van der Waals surface area contributed by atoms with Crippen LogP contribution in [0.2, 0.25) is 0 Å². The lowest BCUT2D eigenvalue weighted by atomic mass is 9.85. The molecule has 2 unspecified atom stereocenters. The molecule has 0 spiro atoms. The topological polar surface area (TPSA) is 105 Å². The number of carboxylic acids is 1. The summed E-state index contributed by atoms with van der Waals surface area (Å²) in [6.45, 7) is 0.230. The average molecular weight is 370 g/mol. The number of hydrogen-bond donors (Lipinski definition) is 2. The molecule has 2 N–H and O–H groups in total. The number of piperidine rings is 1. The molecular weight excluding hydrogens is 348 g/mol. The Morgan fingerprint density at radius 1 is 1.33 bits per heavy atom. The molecule has 1 saturated heterocycles. The summed E-state index contributed by atoms with van der Waals surface area (Å²) in [5.74, 6) is -1.56. The third kappa shape index (κ3) is 3.99. The molecule has 1 aromatic carbocycles. The highest BCUT2D eigenvalue weighted by molar-refractivity contribution is 5.88. The van der Waals surface area contributed by atoms with E-state index in [1.807, 2.05) is 6.20 Å². The van der Waals surface area contributed by atoms with Crippen LogP contribution in [0.15, 0.2) is 36.7 Å². The second-order valence-corrected chi connectivity index (χ2v) is 6.77. The Morgan fingerprint density at radius 2 is 2.11 bits per heavy atom. The van der Waals surface area contributed by atoms with Crippen LogP contribution >= 0.6 is 0 Å². The van der Waals surface area contributed by atoms with E-state index in [4.69, 9.17) is 5.11 Å². The van der Waals surface area contributed by atoms with E-state index in [2.05, 4.69) is 10.4 Å². The summed E-state index contributed by atoms with van der Waals surface area (Å²) < 4.78 is 1.65. The van der Waals surface area contributed by atoms with Crippen molar-refractivity contribution in [3.05, 3.63) is 53.3 Å². The summed E-state index contributed by atoms with van der Waals surface area (Å²) in [7, 11) is 3.49. The normalized spacial score (nSPS) is 19.8. The summed E-state index contributed by atoms with van der Waals surface area (Å²) in [6, 6.07) is 6.09. The van der Waals surface area contributed by atoms with Crippen LogP contribution in [0.5, 0.6) is 0 Å². The van der Waals surface area contributed by atoms with E-state index in [0.29, 0.717) is 18.4 Å².